The molecule has 0 aliphatic rings. The fourth-order valence-electron chi connectivity index (χ4n) is 1.72. The Morgan fingerprint density at radius 3 is 2.70 bits per heavy atom. The first-order valence-corrected chi connectivity index (χ1v) is 6.70. The van der Waals surface area contributed by atoms with Gasteiger partial charge in [0.1, 0.15) is 5.75 Å². The fourth-order valence-corrected chi connectivity index (χ4v) is 1.72. The van der Waals surface area contributed by atoms with Gasteiger partial charge in [0, 0.05) is 12.6 Å². The van der Waals surface area contributed by atoms with Crippen molar-refractivity contribution in [1.29, 1.82) is 0 Å². The highest BCUT2D eigenvalue weighted by Crippen LogP contribution is 2.18. The molecule has 1 rings (SSSR count). The van der Waals surface area contributed by atoms with E-state index in [4.69, 9.17) is 4.74 Å². The zero-order valence-corrected chi connectivity index (χ0v) is 11.8. The molecule has 1 amide bonds. The monoisotopic (exact) mass is 280 g/mol. The molecule has 0 atom stereocenters. The number of benzene rings is 1. The van der Waals surface area contributed by atoms with Gasteiger partial charge in [-0.25, -0.2) is 0 Å². The molecule has 0 bridgehead atoms. The standard InChI is InChI=1S/C14H20N2O4/c1-3-11(4-2)9-15-14(17)10-20-13-7-5-6-12(8-13)16(18)19/h5-8,11H,3-4,9-10H2,1-2H3,(H,15,17). The summed E-state index contributed by atoms with van der Waals surface area (Å²) >= 11 is 0. The van der Waals surface area contributed by atoms with Crippen molar-refractivity contribution in [2.45, 2.75) is 26.7 Å². The summed E-state index contributed by atoms with van der Waals surface area (Å²) in [5.41, 5.74) is -0.0556. The maximum absolute atomic E-state index is 11.6. The lowest BCUT2D eigenvalue weighted by atomic mass is 10.0. The molecule has 0 saturated heterocycles. The van der Waals surface area contributed by atoms with Crippen LogP contribution in [0.15, 0.2) is 24.3 Å². The smallest absolute Gasteiger partial charge is 0.273 e. The Morgan fingerprint density at radius 1 is 1.40 bits per heavy atom. The minimum absolute atomic E-state index is 0.0556. The van der Waals surface area contributed by atoms with Gasteiger partial charge in [-0.2, -0.15) is 0 Å². The highest BCUT2D eigenvalue weighted by atomic mass is 16.6. The Kier molecular flexibility index (Phi) is 6.49. The molecule has 0 fully saturated rings. The van der Waals surface area contributed by atoms with Crippen molar-refractivity contribution in [3.63, 3.8) is 0 Å². The molecular weight excluding hydrogens is 260 g/mol. The second-order valence-electron chi connectivity index (χ2n) is 4.53. The molecular formula is C14H20N2O4. The van der Waals surface area contributed by atoms with Crippen molar-refractivity contribution >= 4 is 11.6 Å². The molecule has 0 unspecified atom stereocenters. The summed E-state index contributed by atoms with van der Waals surface area (Å²) in [6, 6.07) is 5.78. The van der Waals surface area contributed by atoms with Crippen LogP contribution < -0.4 is 10.1 Å². The van der Waals surface area contributed by atoms with Crippen molar-refractivity contribution in [3.05, 3.63) is 34.4 Å². The van der Waals surface area contributed by atoms with Crippen molar-refractivity contribution in [2.24, 2.45) is 5.92 Å². The zero-order valence-electron chi connectivity index (χ0n) is 11.8. The van der Waals surface area contributed by atoms with E-state index in [-0.39, 0.29) is 18.2 Å². The maximum Gasteiger partial charge on any atom is 0.273 e. The van der Waals surface area contributed by atoms with E-state index in [1.54, 1.807) is 6.07 Å². The van der Waals surface area contributed by atoms with Crippen molar-refractivity contribution in [3.8, 4) is 5.75 Å². The third-order valence-electron chi connectivity index (χ3n) is 3.14. The molecule has 1 N–H and O–H groups in total. The minimum atomic E-state index is -0.500. The first-order chi connectivity index (χ1) is 9.56. The zero-order chi connectivity index (χ0) is 15.0. The summed E-state index contributed by atoms with van der Waals surface area (Å²) in [7, 11) is 0. The van der Waals surface area contributed by atoms with Crippen LogP contribution in [0.2, 0.25) is 0 Å². The third kappa shape index (κ3) is 5.26. The second-order valence-corrected chi connectivity index (χ2v) is 4.53. The number of nitrogens with zero attached hydrogens (tertiary/aromatic N) is 1. The first-order valence-electron chi connectivity index (χ1n) is 6.70. The normalized spacial score (nSPS) is 10.3. The van der Waals surface area contributed by atoms with Crippen LogP contribution in [0.3, 0.4) is 0 Å². The van der Waals surface area contributed by atoms with Gasteiger partial charge < -0.3 is 10.1 Å². The highest BCUT2D eigenvalue weighted by Gasteiger charge is 2.09. The van der Waals surface area contributed by atoms with Crippen LogP contribution in [0.4, 0.5) is 5.69 Å². The third-order valence-corrected chi connectivity index (χ3v) is 3.14. The molecule has 110 valence electrons. The van der Waals surface area contributed by atoms with Crippen molar-refractivity contribution in [1.82, 2.24) is 5.32 Å². The minimum Gasteiger partial charge on any atom is -0.484 e. The average molecular weight is 280 g/mol. The van der Waals surface area contributed by atoms with Crippen LogP contribution in [-0.2, 0) is 4.79 Å². The SMILES string of the molecule is CCC(CC)CNC(=O)COc1cccc([N+](=O)[O-])c1. The van der Waals surface area contributed by atoms with Crippen LogP contribution in [0.25, 0.3) is 0 Å². The number of nitrogens with one attached hydrogen (secondary N) is 1. The molecule has 1 aromatic rings. The summed E-state index contributed by atoms with van der Waals surface area (Å²) in [5, 5.41) is 13.4. The molecule has 0 aromatic heterocycles. The predicted molar refractivity (Wildman–Crippen MR) is 75.7 cm³/mol. The van der Waals surface area contributed by atoms with Gasteiger partial charge in [0.15, 0.2) is 6.61 Å². The topological polar surface area (TPSA) is 81.5 Å². The molecule has 0 radical (unpaired) electrons. The van der Waals surface area contributed by atoms with Gasteiger partial charge in [0.05, 0.1) is 11.0 Å². The van der Waals surface area contributed by atoms with Gasteiger partial charge in [-0.3, -0.25) is 14.9 Å². The predicted octanol–water partition coefficient (Wildman–Crippen LogP) is 2.53. The second kappa shape index (κ2) is 8.14. The summed E-state index contributed by atoms with van der Waals surface area (Å²) in [6.07, 6.45) is 2.03. The molecule has 6 nitrogen and oxygen atoms in total. The van der Waals surface area contributed by atoms with Crippen LogP contribution in [-0.4, -0.2) is 24.0 Å². The van der Waals surface area contributed by atoms with E-state index in [2.05, 4.69) is 19.2 Å². The summed E-state index contributed by atoms with van der Waals surface area (Å²) in [5.74, 6) is 0.567. The Hall–Kier alpha value is -2.11. The Labute approximate surface area is 118 Å². The number of hydrogen-bond acceptors (Lipinski definition) is 4. The van der Waals surface area contributed by atoms with Crippen LogP contribution in [0, 0.1) is 16.0 Å². The van der Waals surface area contributed by atoms with Crippen molar-refractivity contribution < 1.29 is 14.5 Å². The lowest BCUT2D eigenvalue weighted by Gasteiger charge is -2.13. The van der Waals surface area contributed by atoms with Gasteiger partial charge in [0.25, 0.3) is 11.6 Å². The van der Waals surface area contributed by atoms with Crippen LogP contribution >= 0.6 is 0 Å². The number of hydrogen-bond donors (Lipinski definition) is 1. The highest BCUT2D eigenvalue weighted by molar-refractivity contribution is 5.77. The number of amides is 1. The number of rotatable bonds is 8. The summed E-state index contributed by atoms with van der Waals surface area (Å²) in [6.45, 7) is 4.66. The van der Waals surface area contributed by atoms with E-state index in [0.717, 1.165) is 12.8 Å². The van der Waals surface area contributed by atoms with Crippen LogP contribution in [0.5, 0.6) is 5.75 Å². The number of nitro groups is 1. The van der Waals surface area contributed by atoms with Gasteiger partial charge in [-0.1, -0.05) is 32.8 Å². The molecule has 0 saturated carbocycles. The lowest BCUT2D eigenvalue weighted by molar-refractivity contribution is -0.384. The fraction of sp³-hybridized carbons (Fsp3) is 0.500. The quantitative estimate of drug-likeness (QED) is 0.586. The molecule has 0 heterocycles. The number of ether oxygens (including phenoxy) is 1. The maximum atomic E-state index is 11.6. The van der Waals surface area contributed by atoms with Gasteiger partial charge in [0.2, 0.25) is 0 Å². The molecule has 0 aliphatic carbocycles. The number of carbonyl (C=O) groups is 1. The molecule has 6 heteroatoms. The number of carbonyl (C=O) groups excluding carboxylic acids is 1. The average Bonchev–Trinajstić information content (AvgIpc) is 2.46. The van der Waals surface area contributed by atoms with E-state index in [1.807, 2.05) is 0 Å². The van der Waals surface area contributed by atoms with Crippen LogP contribution in [0.1, 0.15) is 26.7 Å². The Balaban J connectivity index is 2.41. The summed E-state index contributed by atoms with van der Waals surface area (Å²) < 4.78 is 5.24. The summed E-state index contributed by atoms with van der Waals surface area (Å²) in [4.78, 5) is 21.7. The van der Waals surface area contributed by atoms with Gasteiger partial charge in [-0.15, -0.1) is 0 Å². The van der Waals surface area contributed by atoms with E-state index >= 15 is 0 Å². The van der Waals surface area contributed by atoms with Crippen molar-refractivity contribution in [2.75, 3.05) is 13.2 Å². The number of non-ortho nitro benzene ring substituents is 1. The van der Waals surface area contributed by atoms with Gasteiger partial charge >= 0.3 is 0 Å². The Bertz CT molecular complexity index is 458. The molecule has 0 spiro atoms. The molecule has 20 heavy (non-hydrogen) atoms. The van der Waals surface area contributed by atoms with Gasteiger partial charge in [-0.05, 0) is 12.0 Å². The lowest BCUT2D eigenvalue weighted by Crippen LogP contribution is -2.32. The van der Waals surface area contributed by atoms with E-state index in [9.17, 15) is 14.9 Å². The Morgan fingerprint density at radius 2 is 2.10 bits per heavy atom. The van der Waals surface area contributed by atoms with E-state index < -0.39 is 4.92 Å². The largest absolute Gasteiger partial charge is 0.484 e. The molecule has 1 aromatic carbocycles. The molecule has 0 aliphatic heterocycles. The number of nitro benzene ring substituents is 1. The van der Waals surface area contributed by atoms with E-state index in [1.165, 1.54) is 18.2 Å². The van der Waals surface area contributed by atoms with E-state index in [0.29, 0.717) is 18.2 Å². The first kappa shape index (κ1) is 15.9.